The van der Waals surface area contributed by atoms with Crippen LogP contribution in [-0.2, 0) is 9.59 Å². The number of aryl methyl sites for hydroxylation is 1. The minimum absolute atomic E-state index is 0.0674. The first-order valence-corrected chi connectivity index (χ1v) is 7.09. The fraction of sp³-hybridized carbons (Fsp3) is 0.500. The quantitative estimate of drug-likeness (QED) is 0.771. The van der Waals surface area contributed by atoms with Crippen LogP contribution in [0, 0.1) is 12.8 Å². The van der Waals surface area contributed by atoms with E-state index in [1.807, 2.05) is 45.0 Å². The standard InChI is InChI=1S/C16H23NO4/c1-11(2)13(10-16(19)20)17-15(18)8-9-21-14-7-5-4-6-12(14)3/h4-7,11,13H,8-10H2,1-3H3,(H,17,18)(H,19,20). The molecule has 21 heavy (non-hydrogen) atoms. The summed E-state index contributed by atoms with van der Waals surface area (Å²) in [4.78, 5) is 22.6. The lowest BCUT2D eigenvalue weighted by molar-refractivity contribution is -0.138. The lowest BCUT2D eigenvalue weighted by Crippen LogP contribution is -2.40. The number of amides is 1. The molecule has 0 spiro atoms. The van der Waals surface area contributed by atoms with Crippen molar-refractivity contribution in [1.82, 2.24) is 5.32 Å². The summed E-state index contributed by atoms with van der Waals surface area (Å²) in [6, 6.07) is 7.25. The first-order valence-electron chi connectivity index (χ1n) is 7.09. The molecule has 0 aliphatic carbocycles. The molecule has 0 heterocycles. The van der Waals surface area contributed by atoms with Crippen LogP contribution in [0.4, 0.5) is 0 Å². The van der Waals surface area contributed by atoms with Crippen molar-refractivity contribution in [2.75, 3.05) is 6.61 Å². The van der Waals surface area contributed by atoms with Crippen molar-refractivity contribution in [3.8, 4) is 5.75 Å². The van der Waals surface area contributed by atoms with Gasteiger partial charge < -0.3 is 15.2 Å². The van der Waals surface area contributed by atoms with Gasteiger partial charge in [0.25, 0.3) is 0 Å². The van der Waals surface area contributed by atoms with Gasteiger partial charge in [-0.25, -0.2) is 0 Å². The molecule has 0 aliphatic rings. The number of aliphatic carboxylic acids is 1. The molecule has 0 saturated heterocycles. The summed E-state index contributed by atoms with van der Waals surface area (Å²) in [5.41, 5.74) is 1.02. The highest BCUT2D eigenvalue weighted by molar-refractivity contribution is 5.77. The molecule has 1 amide bonds. The molecule has 116 valence electrons. The van der Waals surface area contributed by atoms with Gasteiger partial charge in [0.2, 0.25) is 5.91 Å². The maximum Gasteiger partial charge on any atom is 0.305 e. The highest BCUT2D eigenvalue weighted by atomic mass is 16.5. The van der Waals surface area contributed by atoms with Crippen LogP contribution in [0.1, 0.15) is 32.3 Å². The molecule has 0 saturated carbocycles. The van der Waals surface area contributed by atoms with E-state index in [9.17, 15) is 9.59 Å². The average molecular weight is 293 g/mol. The first kappa shape index (κ1) is 17.0. The number of carbonyl (C=O) groups excluding carboxylic acids is 1. The number of benzene rings is 1. The van der Waals surface area contributed by atoms with E-state index >= 15 is 0 Å². The molecule has 1 atom stereocenters. The van der Waals surface area contributed by atoms with Crippen molar-refractivity contribution in [3.63, 3.8) is 0 Å². The summed E-state index contributed by atoms with van der Waals surface area (Å²) >= 11 is 0. The molecule has 0 bridgehead atoms. The lowest BCUT2D eigenvalue weighted by atomic mass is 10.0. The lowest BCUT2D eigenvalue weighted by Gasteiger charge is -2.20. The van der Waals surface area contributed by atoms with Gasteiger partial charge in [-0.2, -0.15) is 0 Å². The van der Waals surface area contributed by atoms with E-state index in [2.05, 4.69) is 5.32 Å². The van der Waals surface area contributed by atoms with Crippen LogP contribution in [0.5, 0.6) is 5.75 Å². The summed E-state index contributed by atoms with van der Waals surface area (Å²) in [5.74, 6) is -0.271. The van der Waals surface area contributed by atoms with E-state index in [0.717, 1.165) is 11.3 Å². The normalized spacial score (nSPS) is 12.0. The Kier molecular flexibility index (Phi) is 6.72. The van der Waals surface area contributed by atoms with Gasteiger partial charge in [-0.05, 0) is 24.5 Å². The maximum absolute atomic E-state index is 11.8. The first-order chi connectivity index (χ1) is 9.90. The topological polar surface area (TPSA) is 75.6 Å². The molecule has 0 aromatic heterocycles. The van der Waals surface area contributed by atoms with Crippen molar-refractivity contribution >= 4 is 11.9 Å². The van der Waals surface area contributed by atoms with Gasteiger partial charge in [0, 0.05) is 6.04 Å². The molecule has 1 aromatic carbocycles. The van der Waals surface area contributed by atoms with E-state index in [4.69, 9.17) is 9.84 Å². The minimum Gasteiger partial charge on any atom is -0.493 e. The van der Waals surface area contributed by atoms with Gasteiger partial charge in [-0.3, -0.25) is 9.59 Å². The molecule has 1 unspecified atom stereocenters. The Morgan fingerprint density at radius 1 is 1.29 bits per heavy atom. The maximum atomic E-state index is 11.8. The molecule has 1 rings (SSSR count). The molecule has 0 aliphatic heterocycles. The predicted octanol–water partition coefficient (Wildman–Crippen LogP) is 2.38. The zero-order chi connectivity index (χ0) is 15.8. The van der Waals surface area contributed by atoms with Gasteiger partial charge >= 0.3 is 5.97 Å². The van der Waals surface area contributed by atoms with Crippen LogP contribution in [-0.4, -0.2) is 29.6 Å². The number of carboxylic acid groups (broad SMARTS) is 1. The molecule has 0 fully saturated rings. The van der Waals surface area contributed by atoms with Gasteiger partial charge in [0.05, 0.1) is 19.4 Å². The fourth-order valence-corrected chi connectivity index (χ4v) is 1.89. The van der Waals surface area contributed by atoms with Crippen LogP contribution in [0.25, 0.3) is 0 Å². The third-order valence-corrected chi connectivity index (χ3v) is 3.23. The summed E-state index contributed by atoms with van der Waals surface area (Å²) in [7, 11) is 0. The predicted molar refractivity (Wildman–Crippen MR) is 80.3 cm³/mol. The Morgan fingerprint density at radius 2 is 1.95 bits per heavy atom. The third kappa shape index (κ3) is 6.29. The number of para-hydroxylation sites is 1. The number of carboxylic acids is 1. The van der Waals surface area contributed by atoms with Crippen LogP contribution in [0.2, 0.25) is 0 Å². The van der Waals surface area contributed by atoms with Gasteiger partial charge in [-0.1, -0.05) is 32.0 Å². The number of hydrogen-bond donors (Lipinski definition) is 2. The Labute approximate surface area is 125 Å². The van der Waals surface area contributed by atoms with E-state index < -0.39 is 5.97 Å². The fourth-order valence-electron chi connectivity index (χ4n) is 1.89. The number of ether oxygens (including phenoxy) is 1. The molecule has 0 radical (unpaired) electrons. The van der Waals surface area contributed by atoms with E-state index in [0.29, 0.717) is 0 Å². The number of carbonyl (C=O) groups is 2. The van der Waals surface area contributed by atoms with Gasteiger partial charge in [0.1, 0.15) is 5.75 Å². The summed E-state index contributed by atoms with van der Waals surface area (Å²) in [5, 5.41) is 11.6. The second-order valence-corrected chi connectivity index (χ2v) is 5.38. The van der Waals surface area contributed by atoms with Crippen molar-refractivity contribution in [1.29, 1.82) is 0 Å². The number of rotatable bonds is 8. The van der Waals surface area contributed by atoms with E-state index in [-0.39, 0.29) is 37.3 Å². The van der Waals surface area contributed by atoms with E-state index in [1.54, 1.807) is 0 Å². The average Bonchev–Trinajstić information content (AvgIpc) is 2.39. The van der Waals surface area contributed by atoms with Gasteiger partial charge in [0.15, 0.2) is 0 Å². The molecular formula is C16H23NO4. The molecule has 5 nitrogen and oxygen atoms in total. The monoisotopic (exact) mass is 293 g/mol. The van der Waals surface area contributed by atoms with Crippen LogP contribution in [0.15, 0.2) is 24.3 Å². The smallest absolute Gasteiger partial charge is 0.305 e. The highest BCUT2D eigenvalue weighted by Gasteiger charge is 2.19. The SMILES string of the molecule is Cc1ccccc1OCCC(=O)NC(CC(=O)O)C(C)C. The zero-order valence-corrected chi connectivity index (χ0v) is 12.8. The largest absolute Gasteiger partial charge is 0.493 e. The Morgan fingerprint density at radius 3 is 2.52 bits per heavy atom. The van der Waals surface area contributed by atoms with Crippen molar-refractivity contribution < 1.29 is 19.4 Å². The van der Waals surface area contributed by atoms with Crippen LogP contribution >= 0.6 is 0 Å². The highest BCUT2D eigenvalue weighted by Crippen LogP contribution is 2.16. The van der Waals surface area contributed by atoms with Crippen molar-refractivity contribution in [2.45, 2.75) is 39.7 Å². The number of nitrogens with one attached hydrogen (secondary N) is 1. The minimum atomic E-state index is -0.912. The number of hydrogen-bond acceptors (Lipinski definition) is 3. The van der Waals surface area contributed by atoms with Crippen molar-refractivity contribution in [3.05, 3.63) is 29.8 Å². The van der Waals surface area contributed by atoms with E-state index in [1.165, 1.54) is 0 Å². The summed E-state index contributed by atoms with van der Waals surface area (Å²) < 4.78 is 5.55. The molecule has 5 heteroatoms. The molecule has 2 N–H and O–H groups in total. The third-order valence-electron chi connectivity index (χ3n) is 3.23. The van der Waals surface area contributed by atoms with Gasteiger partial charge in [-0.15, -0.1) is 0 Å². The Balaban J connectivity index is 2.39. The summed E-state index contributed by atoms with van der Waals surface area (Å²) in [6.07, 6.45) is 0.138. The second-order valence-electron chi connectivity index (χ2n) is 5.38. The Hall–Kier alpha value is -2.04. The zero-order valence-electron chi connectivity index (χ0n) is 12.8. The second kappa shape index (κ2) is 8.29. The Bertz CT molecular complexity index is 485. The van der Waals surface area contributed by atoms with Crippen LogP contribution < -0.4 is 10.1 Å². The van der Waals surface area contributed by atoms with Crippen LogP contribution in [0.3, 0.4) is 0 Å². The van der Waals surface area contributed by atoms with Crippen molar-refractivity contribution in [2.24, 2.45) is 5.92 Å². The molecular weight excluding hydrogens is 270 g/mol. The molecule has 1 aromatic rings. The summed E-state index contributed by atoms with van der Waals surface area (Å²) in [6.45, 7) is 5.99.